The Labute approximate surface area is 359 Å². The van der Waals surface area contributed by atoms with Crippen molar-refractivity contribution in [2.24, 2.45) is 17.4 Å². The molecule has 0 radical (unpaired) electrons. The summed E-state index contributed by atoms with van der Waals surface area (Å²) in [6, 6.07) is -2.85. The number of carboxylic acids is 2. The Morgan fingerprint density at radius 3 is 2.03 bits per heavy atom. The van der Waals surface area contributed by atoms with Crippen LogP contribution in [0.5, 0.6) is 5.75 Å². The van der Waals surface area contributed by atoms with Gasteiger partial charge in [-0.15, -0.1) is 0 Å². The van der Waals surface area contributed by atoms with Crippen molar-refractivity contribution in [3.05, 3.63) is 29.8 Å². The Hall–Kier alpha value is -5.87. The molecule has 1 aliphatic rings. The lowest BCUT2D eigenvalue weighted by Gasteiger charge is -2.31. The number of aliphatic hydroxyl groups excluding tert-OH is 1. The van der Waals surface area contributed by atoms with Crippen LogP contribution in [0.15, 0.2) is 24.3 Å². The highest BCUT2D eigenvalue weighted by molar-refractivity contribution is 5.97. The zero-order valence-electron chi connectivity index (χ0n) is 35.6. The van der Waals surface area contributed by atoms with Gasteiger partial charge in [-0.05, 0) is 95.4 Å². The van der Waals surface area contributed by atoms with Gasteiger partial charge in [0.15, 0.2) is 0 Å². The van der Waals surface area contributed by atoms with Gasteiger partial charge in [-0.25, -0.2) is 4.79 Å². The number of phenolic OH excluding ortho intramolecular Hbond substituents is 1. The molecule has 0 aromatic heterocycles. The van der Waals surface area contributed by atoms with Gasteiger partial charge in [0.1, 0.15) is 42.0 Å². The van der Waals surface area contributed by atoms with Gasteiger partial charge in [0.2, 0.25) is 41.4 Å². The summed E-state index contributed by atoms with van der Waals surface area (Å²) >= 11 is 0. The van der Waals surface area contributed by atoms with Gasteiger partial charge < -0.3 is 68.7 Å². The van der Waals surface area contributed by atoms with E-state index in [2.05, 4.69) is 31.9 Å². The van der Waals surface area contributed by atoms with Gasteiger partial charge >= 0.3 is 11.9 Å². The predicted molar refractivity (Wildman–Crippen MR) is 221 cm³/mol. The predicted octanol–water partition coefficient (Wildman–Crippen LogP) is -2.68. The van der Waals surface area contributed by atoms with E-state index in [1.807, 2.05) is 13.8 Å². The number of carbonyl (C=O) groups excluding carboxylic acids is 7. The fourth-order valence-electron chi connectivity index (χ4n) is 6.59. The summed E-state index contributed by atoms with van der Waals surface area (Å²) in [7, 11) is 0. The first-order valence-corrected chi connectivity index (χ1v) is 20.6. The van der Waals surface area contributed by atoms with Crippen LogP contribution in [0.25, 0.3) is 0 Å². The van der Waals surface area contributed by atoms with Crippen LogP contribution in [0.4, 0.5) is 0 Å². The zero-order valence-corrected chi connectivity index (χ0v) is 35.6. The molecule has 1 aliphatic heterocycles. The first-order chi connectivity index (χ1) is 29.1. The fourth-order valence-corrected chi connectivity index (χ4v) is 6.59. The van der Waals surface area contributed by atoms with Crippen molar-refractivity contribution in [3.8, 4) is 5.75 Å². The molecule has 346 valence electrons. The molecule has 1 saturated heterocycles. The van der Waals surface area contributed by atoms with Gasteiger partial charge in [-0.3, -0.25) is 38.4 Å². The first kappa shape index (κ1) is 52.3. The van der Waals surface area contributed by atoms with Crippen LogP contribution in [0.3, 0.4) is 0 Å². The van der Waals surface area contributed by atoms with Gasteiger partial charge in [-0.1, -0.05) is 26.0 Å². The van der Waals surface area contributed by atoms with E-state index in [0.29, 0.717) is 31.4 Å². The number of amides is 7. The Kier molecular flexibility index (Phi) is 21.7. The molecule has 14 N–H and O–H groups in total. The van der Waals surface area contributed by atoms with Gasteiger partial charge in [0.25, 0.3) is 0 Å². The van der Waals surface area contributed by atoms with Crippen LogP contribution in [0, 0.1) is 5.92 Å². The van der Waals surface area contributed by atoms with Crippen molar-refractivity contribution in [2.75, 3.05) is 19.6 Å². The Morgan fingerprint density at radius 1 is 0.790 bits per heavy atom. The maximum atomic E-state index is 14.0. The van der Waals surface area contributed by atoms with E-state index in [0.717, 1.165) is 6.92 Å². The second-order valence-electron chi connectivity index (χ2n) is 15.8. The molecule has 1 heterocycles. The number of unbranched alkanes of at least 4 members (excludes halogenated alkanes) is 1. The Balaban J connectivity index is 2.14. The van der Waals surface area contributed by atoms with Crippen LogP contribution in [-0.4, -0.2) is 147 Å². The summed E-state index contributed by atoms with van der Waals surface area (Å²) in [4.78, 5) is 117. The van der Waals surface area contributed by atoms with Gasteiger partial charge in [0.05, 0.1) is 18.7 Å². The van der Waals surface area contributed by atoms with Crippen molar-refractivity contribution in [1.82, 2.24) is 36.8 Å². The number of aliphatic carboxylic acids is 2. The molecule has 22 heteroatoms. The third-order valence-electron chi connectivity index (χ3n) is 9.99. The SMILES string of the molecule is CC(C)C[C@H](NC(=O)[C@H](C)NC(=O)[C@@H](N)Cc1ccc(O)cc1)C(=O)N1CCC[C@H]1C(=O)N[C@@H](CCC(=O)O)C(=O)N[C@H](C(=O)NCC(=O)N[C@@H](CCCCN)C(=O)O)[C@@H](C)O. The molecule has 1 aromatic carbocycles. The lowest BCUT2D eigenvalue weighted by Crippen LogP contribution is -2.60. The van der Waals surface area contributed by atoms with Gasteiger partial charge in [0, 0.05) is 13.0 Å². The number of carbonyl (C=O) groups is 9. The first-order valence-electron chi connectivity index (χ1n) is 20.6. The molecule has 0 spiro atoms. The topological polar surface area (TPSA) is 362 Å². The monoisotopic (exact) mass is 877 g/mol. The summed E-state index contributed by atoms with van der Waals surface area (Å²) in [5.41, 5.74) is 12.2. The number of rotatable bonds is 26. The van der Waals surface area contributed by atoms with Crippen molar-refractivity contribution in [2.45, 2.75) is 134 Å². The standard InChI is InChI=1S/C40H63N9O13/c1-21(2)18-29(47-34(55)22(3)44-35(56)26(42)19-24-10-12-25(51)13-11-24)39(60)49-17-7-9-30(49)37(58)46-27(14-15-32(53)54)36(57)48-33(23(4)50)38(59)43-20-31(52)45-28(40(61)62)8-5-6-16-41/h10-13,21-23,26-30,33,50-51H,5-9,14-20,41-42H2,1-4H3,(H,43,59)(H,44,56)(H,45,52)(H,46,58)(H,47,55)(H,48,57)(H,53,54)(H,61,62)/t22-,23+,26-,27-,28-,29-,30-,33-/m0/s1. The molecule has 1 aromatic rings. The van der Waals surface area contributed by atoms with E-state index < -0.39 is 121 Å². The number of carboxylic acid groups (broad SMARTS) is 2. The molecular formula is C40H63N9O13. The smallest absolute Gasteiger partial charge is 0.326 e. The fraction of sp³-hybridized carbons (Fsp3) is 0.625. The number of nitrogens with two attached hydrogens (primary N) is 2. The van der Waals surface area contributed by atoms with E-state index in [4.69, 9.17) is 11.5 Å². The number of aromatic hydroxyl groups is 1. The lowest BCUT2D eigenvalue weighted by molar-refractivity contribution is -0.143. The molecule has 8 atom stereocenters. The average molecular weight is 878 g/mol. The Bertz CT molecular complexity index is 1730. The number of nitrogens with zero attached hydrogens (tertiary/aromatic N) is 1. The number of nitrogens with one attached hydrogen (secondary N) is 6. The average Bonchev–Trinajstić information content (AvgIpc) is 3.70. The Morgan fingerprint density at radius 2 is 1.45 bits per heavy atom. The number of hydrogen-bond donors (Lipinski definition) is 12. The van der Waals surface area contributed by atoms with E-state index in [-0.39, 0.29) is 43.9 Å². The van der Waals surface area contributed by atoms with E-state index in [1.165, 1.54) is 24.0 Å². The molecular weight excluding hydrogens is 814 g/mol. The maximum Gasteiger partial charge on any atom is 0.326 e. The third-order valence-corrected chi connectivity index (χ3v) is 9.99. The summed E-state index contributed by atoms with van der Waals surface area (Å²) in [6.07, 6.45) is -0.799. The number of aliphatic hydroxyl groups is 1. The molecule has 1 fully saturated rings. The van der Waals surface area contributed by atoms with Crippen LogP contribution in [0.2, 0.25) is 0 Å². The molecule has 0 aliphatic carbocycles. The molecule has 2 rings (SSSR count). The van der Waals surface area contributed by atoms with Crippen LogP contribution >= 0.6 is 0 Å². The molecule has 0 bridgehead atoms. The third kappa shape index (κ3) is 17.6. The highest BCUT2D eigenvalue weighted by atomic mass is 16.4. The zero-order chi connectivity index (χ0) is 46.7. The highest BCUT2D eigenvalue weighted by Gasteiger charge is 2.40. The minimum Gasteiger partial charge on any atom is -0.508 e. The molecule has 0 saturated carbocycles. The molecule has 7 amide bonds. The summed E-state index contributed by atoms with van der Waals surface area (Å²) in [5, 5.41) is 53.1. The number of hydrogen-bond acceptors (Lipinski definition) is 13. The van der Waals surface area contributed by atoms with Crippen LogP contribution in [0.1, 0.15) is 84.6 Å². The summed E-state index contributed by atoms with van der Waals surface area (Å²) in [5.74, 6) is -8.41. The molecule has 0 unspecified atom stereocenters. The van der Waals surface area contributed by atoms with E-state index >= 15 is 0 Å². The number of benzene rings is 1. The van der Waals surface area contributed by atoms with Crippen molar-refractivity contribution in [3.63, 3.8) is 0 Å². The summed E-state index contributed by atoms with van der Waals surface area (Å²) < 4.78 is 0. The molecule has 22 nitrogen and oxygen atoms in total. The van der Waals surface area contributed by atoms with Crippen molar-refractivity contribution >= 4 is 53.3 Å². The number of phenols is 1. The van der Waals surface area contributed by atoms with Crippen molar-refractivity contribution < 1.29 is 63.6 Å². The maximum absolute atomic E-state index is 14.0. The highest BCUT2D eigenvalue weighted by Crippen LogP contribution is 2.21. The van der Waals surface area contributed by atoms with Crippen molar-refractivity contribution in [1.29, 1.82) is 0 Å². The second-order valence-corrected chi connectivity index (χ2v) is 15.8. The van der Waals surface area contributed by atoms with E-state index in [9.17, 15) is 63.6 Å². The second kappa shape index (κ2) is 25.8. The minimum absolute atomic E-state index is 0.0458. The minimum atomic E-state index is -1.70. The largest absolute Gasteiger partial charge is 0.508 e. The van der Waals surface area contributed by atoms with Gasteiger partial charge in [-0.2, -0.15) is 0 Å². The molecule has 62 heavy (non-hydrogen) atoms. The quantitative estimate of drug-likeness (QED) is 0.0422. The number of likely N-dealkylation sites (tertiary alicyclic amines) is 1. The van der Waals surface area contributed by atoms with Crippen LogP contribution < -0.4 is 43.4 Å². The van der Waals surface area contributed by atoms with E-state index in [1.54, 1.807) is 12.1 Å². The normalized spacial score (nSPS) is 17.0. The lowest BCUT2D eigenvalue weighted by atomic mass is 10.0. The summed E-state index contributed by atoms with van der Waals surface area (Å²) in [6.45, 7) is 5.92. The van der Waals surface area contributed by atoms with Crippen LogP contribution in [-0.2, 0) is 49.6 Å².